The lowest BCUT2D eigenvalue weighted by Crippen LogP contribution is -2.63. The molecule has 0 aromatic rings. The summed E-state index contributed by atoms with van der Waals surface area (Å²) in [5.41, 5.74) is 0. The quantitative estimate of drug-likeness (QED) is 0.148. The molecule has 1 heterocycles. The summed E-state index contributed by atoms with van der Waals surface area (Å²) >= 11 is 0. The van der Waals surface area contributed by atoms with Crippen LogP contribution in [-0.2, 0) is 52.7 Å². The number of rotatable bonds is 15. The molecule has 11 amide bonds. The van der Waals surface area contributed by atoms with Gasteiger partial charge in [0, 0.05) is 49.3 Å². The third kappa shape index (κ3) is 21.7. The maximum absolute atomic E-state index is 15.1. The molecule has 1 saturated heterocycles. The van der Waals surface area contributed by atoms with Crippen LogP contribution in [0.2, 0.25) is 0 Å². The number of likely N-dealkylation sites (N-methyl/N-ethyl adjacent to an activating group) is 7. The molecule has 1 aliphatic rings. The number of hydrogen-bond donors (Lipinski definition) is 5. The van der Waals surface area contributed by atoms with E-state index in [1.807, 2.05) is 61.5 Å². The van der Waals surface area contributed by atoms with Gasteiger partial charge in [-0.05, 0) is 101 Å². The molecule has 23 heteroatoms. The Morgan fingerprint density at radius 2 is 0.871 bits per heavy atom. The van der Waals surface area contributed by atoms with Crippen molar-refractivity contribution in [2.45, 2.75) is 223 Å². The topological polar surface area (TPSA) is 279 Å². The van der Waals surface area contributed by atoms with E-state index < -0.39 is 156 Å². The number of carbonyl (C=O) groups is 11. The Hall–Kier alpha value is -6.13. The fraction of sp³-hybridized carbons (Fsp3) is 0.790. The molecule has 0 aliphatic carbocycles. The van der Waals surface area contributed by atoms with Crippen molar-refractivity contribution in [1.82, 2.24) is 55.6 Å². The lowest BCUT2D eigenvalue weighted by molar-refractivity contribution is -0.157. The molecule has 0 radical (unpaired) electrons. The number of allylic oxidation sites excluding steroid dienone is 2. The van der Waals surface area contributed by atoms with Crippen molar-refractivity contribution in [2.24, 2.45) is 41.4 Å². The monoisotopic (exact) mass is 1200 g/mol. The van der Waals surface area contributed by atoms with Gasteiger partial charge in [-0.15, -0.1) is 0 Å². The summed E-state index contributed by atoms with van der Waals surface area (Å²) in [6.45, 7) is 29.3. The third-order valence-electron chi connectivity index (χ3n) is 16.1. The summed E-state index contributed by atoms with van der Waals surface area (Å²) in [7, 11) is 9.92. The van der Waals surface area contributed by atoms with Crippen LogP contribution in [0.5, 0.6) is 0 Å². The fourth-order valence-electron chi connectivity index (χ4n) is 10.7. The molecule has 85 heavy (non-hydrogen) atoms. The Labute approximate surface area is 508 Å². The predicted octanol–water partition coefficient (Wildman–Crippen LogP) is 3.27. The first-order valence-corrected chi connectivity index (χ1v) is 30.6. The lowest BCUT2D eigenvalue weighted by atomic mass is 9.91. The third-order valence-corrected chi connectivity index (χ3v) is 16.1. The van der Waals surface area contributed by atoms with Crippen molar-refractivity contribution >= 4 is 65.0 Å². The van der Waals surface area contributed by atoms with Gasteiger partial charge < -0.3 is 60.7 Å². The molecular formula is C62H111N11O12. The van der Waals surface area contributed by atoms with Gasteiger partial charge in [0.1, 0.15) is 60.4 Å². The molecule has 0 aromatic carbocycles. The second-order valence-electron chi connectivity index (χ2n) is 26.1. The summed E-state index contributed by atoms with van der Waals surface area (Å²) in [5, 5.41) is 23.1. The predicted molar refractivity (Wildman–Crippen MR) is 328 cm³/mol. The maximum Gasteiger partial charge on any atom is 0.246 e. The first kappa shape index (κ1) is 76.9. The molecule has 1 fully saturated rings. The van der Waals surface area contributed by atoms with Gasteiger partial charge in [-0.2, -0.15) is 0 Å². The minimum absolute atomic E-state index is 0.0229. The highest BCUT2D eigenvalue weighted by atomic mass is 16.3. The van der Waals surface area contributed by atoms with Crippen molar-refractivity contribution in [3.05, 3.63) is 12.2 Å². The van der Waals surface area contributed by atoms with Crippen LogP contribution in [0.25, 0.3) is 0 Å². The molecular weight excluding hydrogens is 1090 g/mol. The molecule has 1 unspecified atom stereocenters. The molecule has 0 spiro atoms. The number of nitrogens with zero attached hydrogens (tertiary/aromatic N) is 7. The van der Waals surface area contributed by atoms with Gasteiger partial charge in [-0.25, -0.2) is 0 Å². The highest BCUT2D eigenvalue weighted by Crippen LogP contribution is 2.26. The Morgan fingerprint density at radius 1 is 0.459 bits per heavy atom. The number of nitrogens with one attached hydrogen (secondary N) is 4. The summed E-state index contributed by atoms with van der Waals surface area (Å²) in [5.74, 6) is -9.71. The van der Waals surface area contributed by atoms with E-state index in [-0.39, 0.29) is 55.8 Å². The van der Waals surface area contributed by atoms with Crippen LogP contribution in [-0.4, -0.2) is 227 Å². The van der Waals surface area contributed by atoms with Crippen molar-refractivity contribution in [3.63, 3.8) is 0 Å². The molecule has 12 atom stereocenters. The molecule has 0 saturated carbocycles. The van der Waals surface area contributed by atoms with Crippen LogP contribution in [0.1, 0.15) is 156 Å². The highest BCUT2D eigenvalue weighted by molar-refractivity contribution is 5.99. The van der Waals surface area contributed by atoms with Gasteiger partial charge >= 0.3 is 0 Å². The normalized spacial score (nSPS) is 26.9. The molecule has 1 aliphatic heterocycles. The average molecular weight is 1200 g/mol. The van der Waals surface area contributed by atoms with E-state index in [4.69, 9.17) is 0 Å². The van der Waals surface area contributed by atoms with E-state index in [1.54, 1.807) is 54.5 Å². The first-order chi connectivity index (χ1) is 39.2. The summed E-state index contributed by atoms with van der Waals surface area (Å²) in [4.78, 5) is 169. The Kier molecular flexibility index (Phi) is 31.5. The maximum atomic E-state index is 15.1. The Bertz CT molecular complexity index is 2330. The van der Waals surface area contributed by atoms with Gasteiger partial charge in [-0.1, -0.05) is 109 Å². The second-order valence-corrected chi connectivity index (χ2v) is 26.1. The zero-order valence-electron chi connectivity index (χ0n) is 56.1. The smallest absolute Gasteiger partial charge is 0.246 e. The van der Waals surface area contributed by atoms with Crippen LogP contribution in [0.15, 0.2) is 12.2 Å². The van der Waals surface area contributed by atoms with Gasteiger partial charge in [0.25, 0.3) is 0 Å². The average Bonchev–Trinajstić information content (AvgIpc) is 3.62. The Balaban J connectivity index is 4.32. The zero-order chi connectivity index (χ0) is 66.0. The zero-order valence-corrected chi connectivity index (χ0v) is 56.1. The van der Waals surface area contributed by atoms with Gasteiger partial charge in [0.05, 0.1) is 12.6 Å². The standard InChI is InChI=1S/C62H111N11O12/c1-25-27-28-40(15)52(75)51-56(79)65-43(26-2)58(81)67(18)33-48(74)68(19)44(29-34(3)4)55(78)66-49(38(11)12)61(84)69(20)45(30-35(5)6)54(77)63-41(16)53(76)64-42(17)57(80)70(21)46(31-36(7)8)59(82)71(22)47(32-37(9)10)60(83)72(23)50(39(13)14)62(85)73(51)24/h25,27,34-47,49-52,75H,26,28-33H2,1-24H3,(H,63,77)(H,64,76)(H,65,79)(H,66,78)/b27-25+/t40-,41+,42-,43+,44+,45+,46+,47+,49+,50+,51?,52-/m1/s1. The summed E-state index contributed by atoms with van der Waals surface area (Å²) < 4.78 is 0. The number of amides is 11. The molecule has 0 bridgehead atoms. The van der Waals surface area contributed by atoms with Crippen LogP contribution >= 0.6 is 0 Å². The van der Waals surface area contributed by atoms with Crippen LogP contribution in [0, 0.1) is 41.4 Å². The number of hydrogen-bond acceptors (Lipinski definition) is 12. The minimum Gasteiger partial charge on any atom is -0.390 e. The largest absolute Gasteiger partial charge is 0.390 e. The molecule has 23 nitrogen and oxygen atoms in total. The highest BCUT2D eigenvalue weighted by Gasteiger charge is 2.45. The van der Waals surface area contributed by atoms with Gasteiger partial charge in [-0.3, -0.25) is 52.7 Å². The summed E-state index contributed by atoms with van der Waals surface area (Å²) in [6, 6.07) is -12.3. The minimum atomic E-state index is -1.61. The second kappa shape index (κ2) is 34.9. The molecule has 486 valence electrons. The van der Waals surface area contributed by atoms with E-state index in [1.165, 1.54) is 87.7 Å². The van der Waals surface area contributed by atoms with Crippen molar-refractivity contribution in [2.75, 3.05) is 55.9 Å². The van der Waals surface area contributed by atoms with E-state index in [0.717, 1.165) is 9.80 Å². The SMILES string of the molecule is C/C=C/C[C@@H](C)[C@@H](O)C1C(=O)N[C@@H](CC)C(=O)N(C)CC(=O)N(C)[C@@H](CC(C)C)C(=O)N[C@@H](C(C)C)C(=O)N(C)[C@@H](CC(C)C)C(=O)N[C@@H](C)C(=O)N[C@H](C)C(=O)N(C)[C@@H](CC(C)C)C(=O)N(C)[C@@H](CC(C)C)C(=O)N(C)[C@@H](C(C)C)C(=O)N1C. The van der Waals surface area contributed by atoms with E-state index in [9.17, 15) is 48.3 Å². The van der Waals surface area contributed by atoms with Crippen LogP contribution in [0.3, 0.4) is 0 Å². The number of aliphatic hydroxyl groups excluding tert-OH is 1. The van der Waals surface area contributed by atoms with Crippen molar-refractivity contribution in [1.29, 1.82) is 0 Å². The fourth-order valence-corrected chi connectivity index (χ4v) is 10.7. The number of carbonyl (C=O) groups excluding carboxylic acids is 11. The molecule has 1 rings (SSSR count). The van der Waals surface area contributed by atoms with E-state index in [2.05, 4.69) is 21.3 Å². The van der Waals surface area contributed by atoms with Gasteiger partial charge in [0.2, 0.25) is 65.0 Å². The first-order valence-electron chi connectivity index (χ1n) is 30.6. The van der Waals surface area contributed by atoms with E-state index >= 15 is 9.59 Å². The Morgan fingerprint density at radius 3 is 1.32 bits per heavy atom. The van der Waals surface area contributed by atoms with Crippen molar-refractivity contribution < 1.29 is 57.8 Å². The molecule has 0 aromatic heterocycles. The lowest BCUT2D eigenvalue weighted by Gasteiger charge is -2.41. The van der Waals surface area contributed by atoms with Crippen LogP contribution < -0.4 is 21.3 Å². The van der Waals surface area contributed by atoms with Crippen LogP contribution in [0.4, 0.5) is 0 Å². The van der Waals surface area contributed by atoms with Crippen molar-refractivity contribution in [3.8, 4) is 0 Å². The summed E-state index contributed by atoms with van der Waals surface area (Å²) in [6.07, 6.45) is 3.04. The van der Waals surface area contributed by atoms with Gasteiger partial charge in [0.15, 0.2) is 0 Å². The molecule has 5 N–H and O–H groups in total. The number of aliphatic hydroxyl groups is 1. The van der Waals surface area contributed by atoms with E-state index in [0.29, 0.717) is 6.42 Å².